The first-order chi connectivity index (χ1) is 4.83. The van der Waals surface area contributed by atoms with Crippen LogP contribution < -0.4 is 11.5 Å². The minimum Gasteiger partial charge on any atom is -0.403 e. The third-order valence-electron chi connectivity index (χ3n) is 1.70. The highest BCUT2D eigenvalue weighted by Crippen LogP contribution is 2.21. The van der Waals surface area contributed by atoms with Gasteiger partial charge in [-0.25, -0.2) is 0 Å². The fourth-order valence-corrected chi connectivity index (χ4v) is 0.770. The summed E-state index contributed by atoms with van der Waals surface area (Å²) in [5.74, 6) is 0. The first kappa shape index (κ1) is 7.12. The summed E-state index contributed by atoms with van der Waals surface area (Å²) in [7, 11) is 0. The Morgan fingerprint density at radius 3 is 2.60 bits per heavy atom. The molecule has 0 bridgehead atoms. The van der Waals surface area contributed by atoms with E-state index in [0.717, 1.165) is 0 Å². The SMILES string of the molecule is N/C=C(/N)C=NC1CCC1. The lowest BCUT2D eigenvalue weighted by atomic mass is 9.94. The van der Waals surface area contributed by atoms with Crippen molar-refractivity contribution in [1.82, 2.24) is 0 Å². The molecule has 0 amide bonds. The number of aliphatic imine (C=N–C) groups is 1. The number of allylic oxidation sites excluding steroid dienone is 1. The molecule has 1 fully saturated rings. The van der Waals surface area contributed by atoms with E-state index in [1.165, 1.54) is 25.5 Å². The second kappa shape index (κ2) is 3.25. The predicted octanol–water partition coefficient (Wildman–Crippen LogP) is 0.368. The number of nitrogens with zero attached hydrogens (tertiary/aromatic N) is 1. The fourth-order valence-electron chi connectivity index (χ4n) is 0.770. The summed E-state index contributed by atoms with van der Waals surface area (Å²) in [6, 6.07) is 0.512. The van der Waals surface area contributed by atoms with Crippen LogP contribution in [0.3, 0.4) is 0 Å². The number of rotatable bonds is 2. The van der Waals surface area contributed by atoms with Crippen LogP contribution in [0.5, 0.6) is 0 Å². The summed E-state index contributed by atoms with van der Waals surface area (Å²) in [4.78, 5) is 4.20. The average Bonchev–Trinajstić information content (AvgIpc) is 1.84. The Bertz CT molecular complexity index is 156. The predicted molar refractivity (Wildman–Crippen MR) is 42.6 cm³/mol. The van der Waals surface area contributed by atoms with Gasteiger partial charge in [-0.3, -0.25) is 4.99 Å². The van der Waals surface area contributed by atoms with Gasteiger partial charge in [0.25, 0.3) is 0 Å². The zero-order chi connectivity index (χ0) is 7.40. The maximum absolute atomic E-state index is 5.39. The average molecular weight is 139 g/mol. The molecule has 3 nitrogen and oxygen atoms in total. The molecule has 0 aromatic heterocycles. The number of nitrogens with two attached hydrogens (primary N) is 2. The minimum absolute atomic E-state index is 0.512. The molecule has 0 atom stereocenters. The molecule has 0 spiro atoms. The van der Waals surface area contributed by atoms with Crippen molar-refractivity contribution in [1.29, 1.82) is 0 Å². The molecular weight excluding hydrogens is 126 g/mol. The molecule has 1 rings (SSSR count). The van der Waals surface area contributed by atoms with Crippen molar-refractivity contribution in [2.45, 2.75) is 25.3 Å². The summed E-state index contributed by atoms with van der Waals surface area (Å²) in [6.07, 6.45) is 6.71. The van der Waals surface area contributed by atoms with E-state index in [0.29, 0.717) is 11.7 Å². The first-order valence-corrected chi connectivity index (χ1v) is 3.53. The Morgan fingerprint density at radius 2 is 2.20 bits per heavy atom. The highest BCUT2D eigenvalue weighted by atomic mass is 14.8. The van der Waals surface area contributed by atoms with Crippen molar-refractivity contribution in [3.63, 3.8) is 0 Å². The molecular formula is C7H13N3. The monoisotopic (exact) mass is 139 g/mol. The summed E-state index contributed by atoms with van der Waals surface area (Å²) in [5.41, 5.74) is 11.1. The molecule has 10 heavy (non-hydrogen) atoms. The molecule has 1 aliphatic carbocycles. The molecule has 1 saturated carbocycles. The normalized spacial score (nSPS) is 21.4. The van der Waals surface area contributed by atoms with E-state index in [4.69, 9.17) is 11.5 Å². The summed E-state index contributed by atoms with van der Waals surface area (Å²) < 4.78 is 0. The molecule has 0 heterocycles. The summed E-state index contributed by atoms with van der Waals surface area (Å²) in [6.45, 7) is 0. The van der Waals surface area contributed by atoms with E-state index in [1.54, 1.807) is 6.21 Å². The number of hydrogen-bond donors (Lipinski definition) is 2. The quantitative estimate of drug-likeness (QED) is 0.543. The lowest BCUT2D eigenvalue weighted by molar-refractivity contribution is 0.421. The highest BCUT2D eigenvalue weighted by Gasteiger charge is 2.14. The Balaban J connectivity index is 2.27. The molecule has 3 heteroatoms. The van der Waals surface area contributed by atoms with Crippen molar-refractivity contribution in [2.75, 3.05) is 0 Å². The van der Waals surface area contributed by atoms with Gasteiger partial charge in [-0.15, -0.1) is 0 Å². The van der Waals surface area contributed by atoms with E-state index in [1.807, 2.05) is 0 Å². The molecule has 0 radical (unpaired) electrons. The van der Waals surface area contributed by atoms with Crippen molar-refractivity contribution in [3.05, 3.63) is 11.9 Å². The summed E-state index contributed by atoms with van der Waals surface area (Å²) in [5, 5.41) is 0. The molecule has 1 aliphatic rings. The van der Waals surface area contributed by atoms with Gasteiger partial charge < -0.3 is 11.5 Å². The molecule has 0 aromatic carbocycles. The van der Waals surface area contributed by atoms with Crippen LogP contribution in [0, 0.1) is 0 Å². The molecule has 56 valence electrons. The van der Waals surface area contributed by atoms with Gasteiger partial charge in [0.2, 0.25) is 0 Å². The maximum atomic E-state index is 5.39. The van der Waals surface area contributed by atoms with Crippen LogP contribution in [0.15, 0.2) is 16.9 Å². The van der Waals surface area contributed by atoms with Crippen LogP contribution in [0.4, 0.5) is 0 Å². The summed E-state index contributed by atoms with van der Waals surface area (Å²) >= 11 is 0. The van der Waals surface area contributed by atoms with E-state index in [-0.39, 0.29) is 0 Å². The lowest BCUT2D eigenvalue weighted by Crippen LogP contribution is -2.15. The zero-order valence-electron chi connectivity index (χ0n) is 5.96. The van der Waals surface area contributed by atoms with Crippen LogP contribution in [0.2, 0.25) is 0 Å². The van der Waals surface area contributed by atoms with Gasteiger partial charge in [-0.2, -0.15) is 0 Å². The van der Waals surface area contributed by atoms with Crippen LogP contribution in [-0.2, 0) is 0 Å². The van der Waals surface area contributed by atoms with Crippen molar-refractivity contribution in [2.24, 2.45) is 16.5 Å². The van der Waals surface area contributed by atoms with Crippen LogP contribution in [-0.4, -0.2) is 12.3 Å². The van der Waals surface area contributed by atoms with Crippen molar-refractivity contribution in [3.8, 4) is 0 Å². The molecule has 0 unspecified atom stereocenters. The van der Waals surface area contributed by atoms with Gasteiger partial charge >= 0.3 is 0 Å². The molecule has 4 N–H and O–H groups in total. The van der Waals surface area contributed by atoms with Gasteiger partial charge in [0.1, 0.15) is 0 Å². The van der Waals surface area contributed by atoms with Crippen molar-refractivity contribution >= 4 is 6.21 Å². The molecule has 0 aliphatic heterocycles. The third-order valence-corrected chi connectivity index (χ3v) is 1.70. The van der Waals surface area contributed by atoms with Gasteiger partial charge in [0.15, 0.2) is 0 Å². The fraction of sp³-hybridized carbons (Fsp3) is 0.571. The van der Waals surface area contributed by atoms with Gasteiger partial charge in [-0.1, -0.05) is 0 Å². The van der Waals surface area contributed by atoms with Crippen molar-refractivity contribution < 1.29 is 0 Å². The minimum atomic E-state index is 0.512. The van der Waals surface area contributed by atoms with Crippen LogP contribution >= 0.6 is 0 Å². The largest absolute Gasteiger partial charge is 0.403 e. The van der Waals surface area contributed by atoms with E-state index >= 15 is 0 Å². The Kier molecular flexibility index (Phi) is 2.31. The van der Waals surface area contributed by atoms with Gasteiger partial charge in [-0.05, 0) is 19.3 Å². The Hall–Kier alpha value is -0.990. The first-order valence-electron chi connectivity index (χ1n) is 3.53. The van der Waals surface area contributed by atoms with E-state index < -0.39 is 0 Å². The second-order valence-corrected chi connectivity index (χ2v) is 2.53. The number of hydrogen-bond acceptors (Lipinski definition) is 3. The van der Waals surface area contributed by atoms with E-state index in [2.05, 4.69) is 4.99 Å². The standard InChI is InChI=1S/C7H13N3/c8-4-6(9)5-10-7-2-1-3-7/h4-5,7H,1-3,8-9H2/b6-4+,10-5?. The zero-order valence-corrected chi connectivity index (χ0v) is 5.96. The lowest BCUT2D eigenvalue weighted by Gasteiger charge is -2.20. The van der Waals surface area contributed by atoms with Crippen LogP contribution in [0.25, 0.3) is 0 Å². The molecule has 0 saturated heterocycles. The Morgan fingerprint density at radius 1 is 1.50 bits per heavy atom. The second-order valence-electron chi connectivity index (χ2n) is 2.53. The third kappa shape index (κ3) is 1.76. The highest BCUT2D eigenvalue weighted by molar-refractivity contribution is 5.77. The maximum Gasteiger partial charge on any atom is 0.0653 e. The van der Waals surface area contributed by atoms with Gasteiger partial charge in [0, 0.05) is 12.4 Å². The van der Waals surface area contributed by atoms with Crippen LogP contribution in [0.1, 0.15) is 19.3 Å². The molecule has 0 aromatic rings. The Labute approximate surface area is 60.8 Å². The topological polar surface area (TPSA) is 64.4 Å². The smallest absolute Gasteiger partial charge is 0.0653 e. The van der Waals surface area contributed by atoms with Gasteiger partial charge in [0.05, 0.1) is 11.7 Å². The van der Waals surface area contributed by atoms with E-state index in [9.17, 15) is 0 Å².